The number of hydrogen-bond donors (Lipinski definition) is 0. The van der Waals surface area contributed by atoms with Gasteiger partial charge in [-0.25, -0.2) is 0 Å². The van der Waals surface area contributed by atoms with Crippen molar-refractivity contribution < 1.29 is 0 Å². The fourth-order valence-corrected chi connectivity index (χ4v) is 10.8. The smallest absolute Gasteiger partial charge is 0.0938 e. The third-order valence-corrected chi connectivity index (χ3v) is 13.8. The van der Waals surface area contributed by atoms with Crippen LogP contribution < -0.4 is 0 Å². The second kappa shape index (κ2) is 36.7. The Labute approximate surface area is 268 Å². The zero-order valence-corrected chi connectivity index (χ0v) is 31.1. The first-order valence-corrected chi connectivity index (χ1v) is 22.7. The molecule has 0 radical (unpaired) electrons. The average Bonchev–Trinajstić information content (AvgIpc) is 2.96. The van der Waals surface area contributed by atoms with Crippen LogP contribution in [0.15, 0.2) is 0 Å². The van der Waals surface area contributed by atoms with Gasteiger partial charge in [0, 0.05) is 0 Å². The van der Waals surface area contributed by atoms with Crippen molar-refractivity contribution in [3.05, 3.63) is 0 Å². The highest BCUT2D eigenvalue weighted by Crippen LogP contribution is 2.21. The normalized spacial score (nSPS) is 11.6. The van der Waals surface area contributed by atoms with Crippen molar-refractivity contribution in [2.45, 2.75) is 249 Å². The summed E-state index contributed by atoms with van der Waals surface area (Å²) in [5, 5.41) is 4.90. The summed E-state index contributed by atoms with van der Waals surface area (Å²) in [5.41, 5.74) is 0. The Morgan fingerprint density at radius 1 is 0.293 bits per heavy atom. The van der Waals surface area contributed by atoms with E-state index in [1.54, 1.807) is 28.7 Å². The molecule has 1 heteroatoms. The minimum atomic E-state index is -0.478. The van der Waals surface area contributed by atoms with Crippen molar-refractivity contribution in [2.75, 3.05) is 0 Å². The zero-order chi connectivity index (χ0) is 29.9. The SMILES string of the molecule is CCCCCCCCCCCCCCCCC[CH2][Al]([CH2]CCCCCCCCCCCCCCCCC)[CH2]C(C)C. The van der Waals surface area contributed by atoms with Crippen molar-refractivity contribution >= 4 is 14.1 Å². The van der Waals surface area contributed by atoms with Gasteiger partial charge in [0.1, 0.15) is 0 Å². The molecule has 246 valence electrons. The molecule has 0 aromatic rings. The van der Waals surface area contributed by atoms with E-state index in [0.717, 1.165) is 5.92 Å². The molecule has 0 rings (SSSR count). The maximum Gasteiger partial charge on any atom is 0.262 e. The fourth-order valence-electron chi connectivity index (χ4n) is 7.01. The zero-order valence-electron chi connectivity index (χ0n) is 29.9. The molecule has 0 amide bonds. The van der Waals surface area contributed by atoms with Gasteiger partial charge in [-0.05, 0) is 0 Å². The van der Waals surface area contributed by atoms with Crippen LogP contribution >= 0.6 is 0 Å². The maximum atomic E-state index is 2.47. The van der Waals surface area contributed by atoms with Crippen LogP contribution in [0.25, 0.3) is 0 Å². The van der Waals surface area contributed by atoms with E-state index in [9.17, 15) is 0 Å². The third kappa shape index (κ3) is 36.6. The van der Waals surface area contributed by atoms with Gasteiger partial charge in [0.25, 0.3) is 14.1 Å². The molecule has 0 aromatic heterocycles. The molecule has 0 aliphatic carbocycles. The summed E-state index contributed by atoms with van der Waals surface area (Å²) >= 11 is -0.478. The quantitative estimate of drug-likeness (QED) is 0.0503. The van der Waals surface area contributed by atoms with Gasteiger partial charge in [0.05, 0.1) is 0 Å². The van der Waals surface area contributed by atoms with Gasteiger partial charge < -0.3 is 0 Å². The number of rotatable bonds is 36. The standard InChI is InChI=1S/2C18H37.C4H9.Al/c2*1-3-5-7-9-11-13-15-17-18-16-14-12-10-8-6-4-2;1-4(2)3;/h2*1,3-18H2,2H3;4H,1H2,2-3H3;. The Hall–Kier alpha value is 0.532. The molecule has 0 unspecified atom stereocenters. The van der Waals surface area contributed by atoms with Crippen LogP contribution in [0.4, 0.5) is 0 Å². The molecule has 0 heterocycles. The van der Waals surface area contributed by atoms with Gasteiger partial charge in [-0.3, -0.25) is 0 Å². The lowest BCUT2D eigenvalue weighted by molar-refractivity contribution is 0.530. The average molecular weight is 591 g/mol. The minimum absolute atomic E-state index is 0.478. The molecule has 0 saturated carbocycles. The van der Waals surface area contributed by atoms with Crippen LogP contribution in [0.2, 0.25) is 15.8 Å². The fraction of sp³-hybridized carbons (Fsp3) is 1.00. The molecule has 0 nitrogen and oxygen atoms in total. The van der Waals surface area contributed by atoms with E-state index < -0.39 is 14.1 Å². The van der Waals surface area contributed by atoms with Crippen LogP contribution in [-0.4, -0.2) is 14.1 Å². The molecule has 0 N–H and O–H groups in total. The number of hydrogen-bond acceptors (Lipinski definition) is 0. The van der Waals surface area contributed by atoms with E-state index in [0.29, 0.717) is 0 Å². The lowest BCUT2D eigenvalue weighted by atomic mass is 10.0. The molecule has 0 aliphatic rings. The van der Waals surface area contributed by atoms with Crippen LogP contribution in [0.3, 0.4) is 0 Å². The molecule has 0 spiro atoms. The largest absolute Gasteiger partial charge is 0.262 e. The molecular weight excluding hydrogens is 507 g/mol. The lowest BCUT2D eigenvalue weighted by Gasteiger charge is -2.14. The van der Waals surface area contributed by atoms with Gasteiger partial charge in [0.15, 0.2) is 0 Å². The van der Waals surface area contributed by atoms with Crippen molar-refractivity contribution in [1.82, 2.24) is 0 Å². The van der Waals surface area contributed by atoms with Gasteiger partial charge in [-0.1, -0.05) is 255 Å². The number of unbranched alkanes of at least 4 members (excludes halogenated alkanes) is 30. The monoisotopic (exact) mass is 591 g/mol. The van der Waals surface area contributed by atoms with Crippen molar-refractivity contribution in [3.63, 3.8) is 0 Å². The van der Waals surface area contributed by atoms with Crippen LogP contribution in [0, 0.1) is 5.92 Å². The first-order chi connectivity index (χ1) is 20.2. The Bertz CT molecular complexity index is 408. The van der Waals surface area contributed by atoms with Crippen molar-refractivity contribution in [3.8, 4) is 0 Å². The van der Waals surface area contributed by atoms with E-state index in [1.807, 2.05) is 0 Å². The van der Waals surface area contributed by atoms with E-state index in [1.165, 1.54) is 193 Å². The second-order valence-electron chi connectivity index (χ2n) is 14.7. The second-order valence-corrected chi connectivity index (χ2v) is 18.0. The Morgan fingerprint density at radius 2 is 0.488 bits per heavy atom. The predicted octanol–water partition coefficient (Wildman–Crippen LogP) is 15.7. The highest BCUT2D eigenvalue weighted by Gasteiger charge is 2.17. The molecule has 41 heavy (non-hydrogen) atoms. The minimum Gasteiger partial charge on any atom is -0.0938 e. The third-order valence-electron chi connectivity index (χ3n) is 9.74. The summed E-state index contributed by atoms with van der Waals surface area (Å²) < 4.78 is 0. The topological polar surface area (TPSA) is 0 Å². The lowest BCUT2D eigenvalue weighted by Crippen LogP contribution is -2.14. The summed E-state index contributed by atoms with van der Waals surface area (Å²) in [6, 6.07) is 0. The molecule has 0 saturated heterocycles. The molecule has 0 fully saturated rings. The Morgan fingerprint density at radius 3 is 0.683 bits per heavy atom. The van der Waals surface area contributed by atoms with Gasteiger partial charge in [-0.2, -0.15) is 0 Å². The predicted molar refractivity (Wildman–Crippen MR) is 194 cm³/mol. The summed E-state index contributed by atoms with van der Waals surface area (Å²) in [6.07, 6.45) is 47.7. The first-order valence-electron chi connectivity index (χ1n) is 20.2. The van der Waals surface area contributed by atoms with Gasteiger partial charge in [0.2, 0.25) is 0 Å². The maximum absolute atomic E-state index is 2.47. The molecule has 0 bridgehead atoms. The molecule has 0 atom stereocenters. The summed E-state index contributed by atoms with van der Waals surface area (Å²) in [7, 11) is 0. The van der Waals surface area contributed by atoms with Crippen molar-refractivity contribution in [2.24, 2.45) is 5.92 Å². The van der Waals surface area contributed by atoms with Crippen LogP contribution in [0.5, 0.6) is 0 Å². The van der Waals surface area contributed by atoms with Gasteiger partial charge in [-0.15, -0.1) is 0 Å². The van der Waals surface area contributed by atoms with E-state index >= 15 is 0 Å². The highest BCUT2D eigenvalue weighted by atomic mass is 27.2. The molecule has 0 aromatic carbocycles. The Balaban J connectivity index is 3.46. The van der Waals surface area contributed by atoms with Gasteiger partial charge >= 0.3 is 0 Å². The molecular formula is C40H83Al. The van der Waals surface area contributed by atoms with E-state index in [2.05, 4.69) is 27.7 Å². The molecule has 0 aliphatic heterocycles. The summed E-state index contributed by atoms with van der Waals surface area (Å²) in [6.45, 7) is 9.57. The van der Waals surface area contributed by atoms with E-state index in [4.69, 9.17) is 0 Å². The first kappa shape index (κ1) is 41.5. The summed E-state index contributed by atoms with van der Waals surface area (Å²) in [5.74, 6) is 0.939. The van der Waals surface area contributed by atoms with E-state index in [-0.39, 0.29) is 0 Å². The van der Waals surface area contributed by atoms with Crippen LogP contribution in [-0.2, 0) is 0 Å². The Kier molecular flexibility index (Phi) is 37.2. The van der Waals surface area contributed by atoms with Crippen molar-refractivity contribution in [1.29, 1.82) is 0 Å². The summed E-state index contributed by atoms with van der Waals surface area (Å²) in [4.78, 5) is 0. The van der Waals surface area contributed by atoms with Crippen LogP contribution in [0.1, 0.15) is 233 Å². The highest BCUT2D eigenvalue weighted by molar-refractivity contribution is 6.58.